The Bertz CT molecular complexity index is 762. The van der Waals surface area contributed by atoms with Crippen LogP contribution in [0.4, 0.5) is 0 Å². The molecule has 0 spiro atoms. The van der Waals surface area contributed by atoms with E-state index in [4.69, 9.17) is 4.74 Å². The lowest BCUT2D eigenvalue weighted by Gasteiger charge is -2.56. The van der Waals surface area contributed by atoms with E-state index in [1.165, 1.54) is 12.5 Å². The van der Waals surface area contributed by atoms with Crippen molar-refractivity contribution in [2.45, 2.75) is 71.3 Å². The summed E-state index contributed by atoms with van der Waals surface area (Å²) in [5.41, 5.74) is 1.00. The maximum absolute atomic E-state index is 12.7. The average molecular weight is 370 g/mol. The first kappa shape index (κ1) is 18.6. The molecule has 6 atom stereocenters. The zero-order valence-electron chi connectivity index (χ0n) is 16.7. The van der Waals surface area contributed by atoms with Crippen molar-refractivity contribution < 1.29 is 19.1 Å². The van der Waals surface area contributed by atoms with E-state index in [9.17, 15) is 14.4 Å². The van der Waals surface area contributed by atoms with Gasteiger partial charge in [-0.05, 0) is 80.8 Å². The lowest BCUT2D eigenvalue weighted by molar-refractivity contribution is -0.185. The number of carbonyl (C=O) groups excluding carboxylic acids is 3. The lowest BCUT2D eigenvalue weighted by atomic mass is 9.49. The molecule has 0 aliphatic heterocycles. The Morgan fingerprint density at radius 2 is 1.89 bits per heavy atom. The van der Waals surface area contributed by atoms with Crippen molar-refractivity contribution in [2.24, 2.45) is 29.1 Å². The van der Waals surface area contributed by atoms with Crippen LogP contribution in [0, 0.1) is 29.1 Å². The van der Waals surface area contributed by atoms with E-state index >= 15 is 0 Å². The number of hydrogen-bond acceptors (Lipinski definition) is 4. The van der Waals surface area contributed by atoms with Gasteiger partial charge in [0.15, 0.2) is 17.2 Å². The number of rotatable bonds is 2. The monoisotopic (exact) mass is 370 g/mol. The van der Waals surface area contributed by atoms with E-state index in [1.807, 2.05) is 6.08 Å². The van der Waals surface area contributed by atoms with Crippen molar-refractivity contribution in [3.05, 3.63) is 23.8 Å². The number of ketones is 2. The molecule has 0 heterocycles. The van der Waals surface area contributed by atoms with Gasteiger partial charge in [-0.3, -0.25) is 14.4 Å². The van der Waals surface area contributed by atoms with Gasteiger partial charge in [0.2, 0.25) is 0 Å². The van der Waals surface area contributed by atoms with Gasteiger partial charge in [-0.25, -0.2) is 0 Å². The summed E-state index contributed by atoms with van der Waals surface area (Å²) in [7, 11) is 0. The minimum atomic E-state index is -0.978. The largest absolute Gasteiger partial charge is 0.451 e. The molecule has 4 aliphatic rings. The number of hydrogen-bond donors (Lipinski definition) is 0. The highest BCUT2D eigenvalue weighted by Crippen LogP contribution is 2.66. The number of carbonyl (C=O) groups is 3. The van der Waals surface area contributed by atoms with Gasteiger partial charge in [-0.2, -0.15) is 0 Å². The molecular formula is C23H30O4. The predicted molar refractivity (Wildman–Crippen MR) is 102 cm³/mol. The van der Waals surface area contributed by atoms with Crippen LogP contribution in [0.2, 0.25) is 0 Å². The van der Waals surface area contributed by atoms with Gasteiger partial charge in [0, 0.05) is 18.8 Å². The minimum Gasteiger partial charge on any atom is -0.451 e. The number of ether oxygens (including phenoxy) is 1. The summed E-state index contributed by atoms with van der Waals surface area (Å²) < 4.78 is 5.79. The van der Waals surface area contributed by atoms with Crippen LogP contribution in [0.1, 0.15) is 65.7 Å². The maximum Gasteiger partial charge on any atom is 0.303 e. The Balaban J connectivity index is 1.70. The Morgan fingerprint density at radius 1 is 1.15 bits per heavy atom. The summed E-state index contributed by atoms with van der Waals surface area (Å²) in [5, 5.41) is 0. The van der Waals surface area contributed by atoms with Crippen molar-refractivity contribution in [1.29, 1.82) is 0 Å². The van der Waals surface area contributed by atoms with Gasteiger partial charge in [0.05, 0.1) is 0 Å². The topological polar surface area (TPSA) is 60.4 Å². The molecule has 0 aromatic carbocycles. The van der Waals surface area contributed by atoms with Crippen molar-refractivity contribution >= 4 is 17.5 Å². The molecule has 0 N–H and O–H groups in total. The van der Waals surface area contributed by atoms with Gasteiger partial charge in [0.1, 0.15) is 0 Å². The molecule has 3 saturated carbocycles. The second-order valence-electron chi connectivity index (χ2n) is 9.42. The molecule has 0 bridgehead atoms. The van der Waals surface area contributed by atoms with Crippen LogP contribution >= 0.6 is 0 Å². The van der Waals surface area contributed by atoms with Crippen molar-refractivity contribution in [2.75, 3.05) is 0 Å². The molecule has 146 valence electrons. The van der Waals surface area contributed by atoms with E-state index < -0.39 is 5.60 Å². The summed E-state index contributed by atoms with van der Waals surface area (Å²) in [6.45, 7) is 9.47. The molecule has 4 nitrogen and oxygen atoms in total. The molecule has 0 unspecified atom stereocenters. The molecule has 27 heavy (non-hydrogen) atoms. The molecule has 4 aliphatic carbocycles. The zero-order valence-corrected chi connectivity index (χ0v) is 16.7. The van der Waals surface area contributed by atoms with Crippen LogP contribution in [0.3, 0.4) is 0 Å². The van der Waals surface area contributed by atoms with Gasteiger partial charge < -0.3 is 4.74 Å². The third-order valence-corrected chi connectivity index (χ3v) is 8.32. The molecule has 3 fully saturated rings. The summed E-state index contributed by atoms with van der Waals surface area (Å²) >= 11 is 0. The van der Waals surface area contributed by atoms with E-state index in [0.717, 1.165) is 37.7 Å². The van der Waals surface area contributed by atoms with E-state index in [1.54, 1.807) is 6.92 Å². The molecule has 0 aromatic heterocycles. The molecule has 0 amide bonds. The Labute approximate surface area is 161 Å². The summed E-state index contributed by atoms with van der Waals surface area (Å²) in [6.07, 6.45) is 7.77. The van der Waals surface area contributed by atoms with Gasteiger partial charge in [-0.15, -0.1) is 0 Å². The fourth-order valence-electron chi connectivity index (χ4n) is 7.19. The lowest BCUT2D eigenvalue weighted by Crippen LogP contribution is -2.57. The third kappa shape index (κ3) is 2.51. The summed E-state index contributed by atoms with van der Waals surface area (Å²) in [6, 6.07) is 0. The van der Waals surface area contributed by atoms with E-state index in [2.05, 4.69) is 13.5 Å². The first-order valence-electron chi connectivity index (χ1n) is 10.3. The average Bonchev–Trinajstić information content (AvgIpc) is 2.89. The number of allylic oxidation sites excluding steroid dienone is 2. The van der Waals surface area contributed by atoms with Crippen LogP contribution in [-0.4, -0.2) is 23.1 Å². The van der Waals surface area contributed by atoms with Crippen LogP contribution in [-0.2, 0) is 19.1 Å². The number of fused-ring (bicyclic) bond motifs is 5. The summed E-state index contributed by atoms with van der Waals surface area (Å²) in [4.78, 5) is 36.5. The Hall–Kier alpha value is -1.71. The fraction of sp³-hybridized carbons (Fsp3) is 0.696. The smallest absolute Gasteiger partial charge is 0.303 e. The summed E-state index contributed by atoms with van der Waals surface area (Å²) in [5.74, 6) is 1.65. The molecule has 4 heteroatoms. The van der Waals surface area contributed by atoms with Gasteiger partial charge in [-0.1, -0.05) is 19.1 Å². The normalized spacial score (nSPS) is 43.3. The van der Waals surface area contributed by atoms with Crippen LogP contribution in [0.5, 0.6) is 0 Å². The Kier molecular flexibility index (Phi) is 4.25. The van der Waals surface area contributed by atoms with Crippen molar-refractivity contribution in [3.8, 4) is 0 Å². The van der Waals surface area contributed by atoms with Crippen LogP contribution in [0.15, 0.2) is 23.8 Å². The third-order valence-electron chi connectivity index (χ3n) is 8.32. The minimum absolute atomic E-state index is 0.0142. The number of esters is 1. The molecular weight excluding hydrogens is 340 g/mol. The van der Waals surface area contributed by atoms with E-state index in [0.29, 0.717) is 36.5 Å². The highest BCUT2D eigenvalue weighted by atomic mass is 16.6. The Morgan fingerprint density at radius 3 is 2.56 bits per heavy atom. The fourth-order valence-corrected chi connectivity index (χ4v) is 7.19. The number of Topliss-reactive ketones (excluding diaryl/α,β-unsaturated/α-hetero) is 1. The second-order valence-corrected chi connectivity index (χ2v) is 9.42. The first-order valence-corrected chi connectivity index (χ1v) is 10.3. The zero-order chi connectivity index (χ0) is 19.6. The first-order chi connectivity index (χ1) is 12.7. The van der Waals surface area contributed by atoms with Gasteiger partial charge >= 0.3 is 5.97 Å². The quantitative estimate of drug-likeness (QED) is 0.684. The standard InChI is InChI=1S/C23H30O4/c1-13-11-20-18(17-6-5-16(26)12-19(13)17)7-9-22(4)21(20)8-10-23(22,14(2)24)27-15(3)25/h12,17-18,20-21H,1,5-11H2,2-4H3/t17-,18-,20-,21+,22+,23+/m1/s1. The second kappa shape index (κ2) is 6.15. The SMILES string of the molecule is C=C1C[C@@H]2[C@H](CC[C@@]3(C)[C@H]2CC[C@]3(OC(C)=O)C(C)=O)[C@H]2CCC(=O)C=C12. The molecule has 0 saturated heterocycles. The highest BCUT2D eigenvalue weighted by molar-refractivity contribution is 5.92. The van der Waals surface area contributed by atoms with E-state index in [-0.39, 0.29) is 23.0 Å². The van der Waals surface area contributed by atoms with Crippen molar-refractivity contribution in [1.82, 2.24) is 0 Å². The molecule has 4 rings (SSSR count). The van der Waals surface area contributed by atoms with Crippen molar-refractivity contribution in [3.63, 3.8) is 0 Å². The molecule has 0 aromatic rings. The predicted octanol–water partition coefficient (Wildman–Crippen LogP) is 4.19. The van der Waals surface area contributed by atoms with Crippen LogP contribution < -0.4 is 0 Å². The molecule has 0 radical (unpaired) electrons. The highest BCUT2D eigenvalue weighted by Gasteiger charge is 2.66. The van der Waals surface area contributed by atoms with Crippen LogP contribution in [0.25, 0.3) is 0 Å². The van der Waals surface area contributed by atoms with Gasteiger partial charge in [0.25, 0.3) is 0 Å². The maximum atomic E-state index is 12.7.